The summed E-state index contributed by atoms with van der Waals surface area (Å²) in [6.07, 6.45) is 3.92. The molecule has 166 valence electrons. The van der Waals surface area contributed by atoms with Crippen molar-refractivity contribution in [3.05, 3.63) is 108 Å². The van der Waals surface area contributed by atoms with Gasteiger partial charge < -0.3 is 19.5 Å². The molecule has 6 heteroatoms. The summed E-state index contributed by atoms with van der Waals surface area (Å²) in [7, 11) is 1.68. The third kappa shape index (κ3) is 3.98. The molecule has 4 aromatic rings. The molecule has 2 aromatic carbocycles. The number of hydrogen-bond acceptors (Lipinski definition) is 3. The predicted octanol–water partition coefficient (Wildman–Crippen LogP) is 5.67. The molecule has 0 amide bonds. The van der Waals surface area contributed by atoms with Crippen molar-refractivity contribution in [1.82, 2.24) is 14.9 Å². The van der Waals surface area contributed by atoms with Crippen LogP contribution in [0.4, 0.5) is 5.69 Å². The highest BCUT2D eigenvalue weighted by Gasteiger charge is 2.42. The Morgan fingerprint density at radius 3 is 2.33 bits per heavy atom. The molecule has 1 saturated heterocycles. The molecular weight excluding hydrogens is 428 g/mol. The average Bonchev–Trinajstić information content (AvgIpc) is 3.43. The molecule has 0 radical (unpaired) electrons. The van der Waals surface area contributed by atoms with Crippen LogP contribution in [0, 0.1) is 13.8 Å². The molecule has 5 nitrogen and oxygen atoms in total. The van der Waals surface area contributed by atoms with Gasteiger partial charge in [0.2, 0.25) is 0 Å². The van der Waals surface area contributed by atoms with Crippen LogP contribution in [0.1, 0.15) is 34.6 Å². The Bertz CT molecular complexity index is 1260. The number of ether oxygens (including phenoxy) is 1. The number of hydrogen-bond donors (Lipinski definition) is 1. The van der Waals surface area contributed by atoms with Crippen LogP contribution in [0.2, 0.25) is 0 Å². The number of aryl methyl sites for hydroxylation is 2. The molecule has 0 spiro atoms. The van der Waals surface area contributed by atoms with Crippen molar-refractivity contribution in [1.29, 1.82) is 0 Å². The van der Waals surface area contributed by atoms with E-state index >= 15 is 0 Å². The van der Waals surface area contributed by atoms with Gasteiger partial charge in [-0.3, -0.25) is 4.98 Å². The lowest BCUT2D eigenvalue weighted by Gasteiger charge is -2.29. The van der Waals surface area contributed by atoms with Crippen molar-refractivity contribution in [3.63, 3.8) is 0 Å². The number of anilines is 1. The fourth-order valence-electron chi connectivity index (χ4n) is 4.64. The first kappa shape index (κ1) is 21.2. The van der Waals surface area contributed by atoms with Gasteiger partial charge in [0, 0.05) is 29.5 Å². The van der Waals surface area contributed by atoms with E-state index in [9.17, 15) is 0 Å². The molecule has 0 saturated carbocycles. The van der Waals surface area contributed by atoms with E-state index in [0.29, 0.717) is 5.11 Å². The zero-order valence-electron chi connectivity index (χ0n) is 18.9. The van der Waals surface area contributed by atoms with E-state index in [1.165, 1.54) is 11.1 Å². The molecule has 3 heterocycles. The normalized spacial score (nSPS) is 17.8. The molecule has 0 bridgehead atoms. The van der Waals surface area contributed by atoms with Crippen LogP contribution in [0.15, 0.2) is 85.2 Å². The maximum absolute atomic E-state index is 5.89. The maximum Gasteiger partial charge on any atom is 0.174 e. The molecule has 1 fully saturated rings. The van der Waals surface area contributed by atoms with Crippen LogP contribution >= 0.6 is 12.2 Å². The predicted molar refractivity (Wildman–Crippen MR) is 136 cm³/mol. The van der Waals surface area contributed by atoms with Crippen molar-refractivity contribution in [2.24, 2.45) is 0 Å². The van der Waals surface area contributed by atoms with E-state index in [2.05, 4.69) is 88.3 Å². The zero-order chi connectivity index (χ0) is 22.9. The number of aromatic nitrogens is 2. The van der Waals surface area contributed by atoms with Crippen molar-refractivity contribution in [3.8, 4) is 11.4 Å². The number of nitrogens with zero attached hydrogens (tertiary/aromatic N) is 3. The standard InChI is InChI=1S/C27H26N4OS/c1-18-15-19(2)17-21(16-18)31-26(25(29-27(31)33)23-7-4-5-13-28-23)24-8-6-14-30(24)20-9-11-22(32-3)12-10-20/h4-17,25-26H,1-3H3,(H,29,33)/t25-,26-/m0/s1. The molecule has 2 aromatic heterocycles. The first-order chi connectivity index (χ1) is 16.0. The number of rotatable bonds is 5. The van der Waals surface area contributed by atoms with Gasteiger partial charge in [0.25, 0.3) is 0 Å². The minimum atomic E-state index is -0.0913. The second-order valence-corrected chi connectivity index (χ2v) is 8.73. The average molecular weight is 455 g/mol. The Labute approximate surface area is 199 Å². The lowest BCUT2D eigenvalue weighted by molar-refractivity contribution is 0.414. The molecule has 1 aliphatic heterocycles. The van der Waals surface area contributed by atoms with Gasteiger partial charge in [0.1, 0.15) is 11.8 Å². The number of methoxy groups -OCH3 is 1. The number of thiocarbonyl (C=S) groups is 1. The zero-order valence-corrected chi connectivity index (χ0v) is 19.7. The summed E-state index contributed by atoms with van der Waals surface area (Å²) in [4.78, 5) is 6.90. The van der Waals surface area contributed by atoms with Crippen LogP contribution in [-0.2, 0) is 0 Å². The van der Waals surface area contributed by atoms with Crippen molar-refractivity contribution in [2.45, 2.75) is 25.9 Å². The van der Waals surface area contributed by atoms with Gasteiger partial charge in [0.15, 0.2) is 5.11 Å². The molecule has 1 aliphatic rings. The minimum absolute atomic E-state index is 0.0781. The summed E-state index contributed by atoms with van der Waals surface area (Å²) < 4.78 is 7.56. The van der Waals surface area contributed by atoms with Gasteiger partial charge in [-0.1, -0.05) is 12.1 Å². The van der Waals surface area contributed by atoms with E-state index in [1.807, 2.05) is 30.5 Å². The lowest BCUT2D eigenvalue weighted by Crippen LogP contribution is -2.30. The third-order valence-electron chi connectivity index (χ3n) is 6.02. The fraction of sp³-hybridized carbons (Fsp3) is 0.185. The summed E-state index contributed by atoms with van der Waals surface area (Å²) in [5.41, 5.74) is 6.64. The summed E-state index contributed by atoms with van der Waals surface area (Å²) in [5.74, 6) is 0.833. The highest BCUT2D eigenvalue weighted by atomic mass is 32.1. The van der Waals surface area contributed by atoms with Crippen LogP contribution in [0.3, 0.4) is 0 Å². The molecule has 33 heavy (non-hydrogen) atoms. The number of pyridine rings is 1. The Hall–Kier alpha value is -3.64. The lowest BCUT2D eigenvalue weighted by atomic mass is 10.00. The van der Waals surface area contributed by atoms with E-state index in [-0.39, 0.29) is 12.1 Å². The van der Waals surface area contributed by atoms with E-state index in [1.54, 1.807) is 7.11 Å². The molecule has 0 aliphatic carbocycles. The third-order valence-corrected chi connectivity index (χ3v) is 6.33. The van der Waals surface area contributed by atoms with Gasteiger partial charge in [-0.15, -0.1) is 0 Å². The van der Waals surface area contributed by atoms with Gasteiger partial charge >= 0.3 is 0 Å². The summed E-state index contributed by atoms with van der Waals surface area (Å²) in [6, 6.07) is 24.7. The van der Waals surface area contributed by atoms with Gasteiger partial charge in [-0.05, 0) is 97.9 Å². The summed E-state index contributed by atoms with van der Waals surface area (Å²) in [5, 5.41) is 4.25. The highest BCUT2D eigenvalue weighted by Crippen LogP contribution is 2.42. The SMILES string of the molecule is COc1ccc(-n2cccc2[C@H]2[C@H](c3ccccn3)NC(=S)N2c2cc(C)cc(C)c2)cc1. The summed E-state index contributed by atoms with van der Waals surface area (Å²) in [6.45, 7) is 4.24. The smallest absolute Gasteiger partial charge is 0.174 e. The van der Waals surface area contributed by atoms with Crippen molar-refractivity contribution < 1.29 is 4.74 Å². The van der Waals surface area contributed by atoms with Crippen LogP contribution in [-0.4, -0.2) is 21.8 Å². The minimum Gasteiger partial charge on any atom is -0.497 e. The molecule has 2 atom stereocenters. The topological polar surface area (TPSA) is 42.3 Å². The first-order valence-corrected chi connectivity index (χ1v) is 11.4. The largest absolute Gasteiger partial charge is 0.497 e. The van der Waals surface area contributed by atoms with Crippen molar-refractivity contribution in [2.75, 3.05) is 12.0 Å². The molecule has 0 unspecified atom stereocenters. The maximum atomic E-state index is 5.89. The van der Waals surface area contributed by atoms with Gasteiger partial charge in [-0.2, -0.15) is 0 Å². The highest BCUT2D eigenvalue weighted by molar-refractivity contribution is 7.80. The van der Waals surface area contributed by atoms with Crippen LogP contribution in [0.5, 0.6) is 5.75 Å². The van der Waals surface area contributed by atoms with E-state index < -0.39 is 0 Å². The Morgan fingerprint density at radius 1 is 0.909 bits per heavy atom. The van der Waals surface area contributed by atoms with Crippen molar-refractivity contribution >= 4 is 23.0 Å². The van der Waals surface area contributed by atoms with Crippen LogP contribution in [0.25, 0.3) is 5.69 Å². The monoisotopic (exact) mass is 454 g/mol. The molecule has 5 rings (SSSR count). The van der Waals surface area contributed by atoms with Gasteiger partial charge in [-0.25, -0.2) is 0 Å². The molecule has 1 N–H and O–H groups in total. The number of benzene rings is 2. The van der Waals surface area contributed by atoms with E-state index in [0.717, 1.165) is 28.5 Å². The molecular formula is C27H26N4OS. The number of nitrogens with one attached hydrogen (secondary N) is 1. The Balaban J connectivity index is 1.66. The second-order valence-electron chi connectivity index (χ2n) is 8.34. The van der Waals surface area contributed by atoms with E-state index in [4.69, 9.17) is 17.0 Å². The first-order valence-electron chi connectivity index (χ1n) is 11.0. The quantitative estimate of drug-likeness (QED) is 0.393. The van der Waals surface area contributed by atoms with Gasteiger partial charge in [0.05, 0.1) is 18.8 Å². The second kappa shape index (κ2) is 8.71. The Kier molecular flexibility index (Phi) is 5.60. The Morgan fingerprint density at radius 2 is 1.67 bits per heavy atom. The van der Waals surface area contributed by atoms with Crippen LogP contribution < -0.4 is 15.0 Å². The fourth-order valence-corrected chi connectivity index (χ4v) is 4.98. The summed E-state index contributed by atoms with van der Waals surface area (Å²) >= 11 is 5.89.